The van der Waals surface area contributed by atoms with Crippen molar-refractivity contribution in [3.63, 3.8) is 0 Å². The Kier molecular flexibility index (Phi) is 4.50. The van der Waals surface area contributed by atoms with E-state index in [2.05, 4.69) is 49.7 Å². The van der Waals surface area contributed by atoms with Crippen LogP contribution in [-0.4, -0.2) is 39.1 Å². The van der Waals surface area contributed by atoms with Crippen LogP contribution >= 0.6 is 0 Å². The lowest BCUT2D eigenvalue weighted by atomic mass is 10.00. The molecular weight excluding hydrogens is 326 g/mol. The maximum atomic E-state index is 12.5. The fourth-order valence-corrected chi connectivity index (χ4v) is 3.30. The lowest BCUT2D eigenvalue weighted by Crippen LogP contribution is -2.37. The van der Waals surface area contributed by atoms with E-state index < -0.39 is 0 Å². The summed E-state index contributed by atoms with van der Waals surface area (Å²) in [4.78, 5) is 19.0. The van der Waals surface area contributed by atoms with Gasteiger partial charge >= 0.3 is 0 Å². The van der Waals surface area contributed by atoms with Gasteiger partial charge in [0.15, 0.2) is 5.82 Å². The molecule has 4 rings (SSSR count). The van der Waals surface area contributed by atoms with Crippen LogP contribution in [-0.2, 0) is 17.8 Å². The molecule has 1 aliphatic heterocycles. The highest BCUT2D eigenvalue weighted by Gasteiger charge is 2.18. The van der Waals surface area contributed by atoms with Crippen LogP contribution in [0.2, 0.25) is 0 Å². The van der Waals surface area contributed by atoms with E-state index in [9.17, 15) is 4.79 Å². The maximum absolute atomic E-state index is 12.5. The van der Waals surface area contributed by atoms with Gasteiger partial charge in [-0.1, -0.05) is 36.4 Å². The van der Waals surface area contributed by atoms with Crippen molar-refractivity contribution in [3.05, 3.63) is 65.5 Å². The summed E-state index contributed by atoms with van der Waals surface area (Å²) in [5.74, 6) is 1.39. The van der Waals surface area contributed by atoms with Crippen molar-refractivity contribution in [2.45, 2.75) is 19.9 Å². The van der Waals surface area contributed by atoms with Crippen LogP contribution in [0.25, 0.3) is 11.4 Å². The molecular formula is C20H21N5O. The number of nitrogens with zero attached hydrogens (tertiary/aromatic N) is 3. The smallest absolute Gasteiger partial charge is 0.238 e. The third kappa shape index (κ3) is 3.65. The molecule has 1 amide bonds. The molecule has 0 aliphatic carbocycles. The zero-order chi connectivity index (χ0) is 17.9. The van der Waals surface area contributed by atoms with Gasteiger partial charge in [0.1, 0.15) is 5.82 Å². The number of aromatic amines is 1. The number of hydrogen-bond donors (Lipinski definition) is 2. The summed E-state index contributed by atoms with van der Waals surface area (Å²) < 4.78 is 0. The normalized spacial score (nSPS) is 14.0. The number of H-pyrrole nitrogens is 1. The highest BCUT2D eigenvalue weighted by molar-refractivity contribution is 5.92. The van der Waals surface area contributed by atoms with Crippen molar-refractivity contribution in [2.75, 3.05) is 18.4 Å². The molecule has 0 saturated heterocycles. The minimum atomic E-state index is -0.00676. The van der Waals surface area contributed by atoms with Crippen LogP contribution in [0.3, 0.4) is 0 Å². The molecule has 0 unspecified atom stereocenters. The summed E-state index contributed by atoms with van der Waals surface area (Å²) >= 11 is 0. The molecule has 6 nitrogen and oxygen atoms in total. The van der Waals surface area contributed by atoms with E-state index in [1.54, 1.807) is 0 Å². The van der Waals surface area contributed by atoms with E-state index in [1.807, 2.05) is 31.2 Å². The fourth-order valence-electron chi connectivity index (χ4n) is 3.30. The summed E-state index contributed by atoms with van der Waals surface area (Å²) in [6.45, 7) is 3.97. The number of rotatable bonds is 4. The summed E-state index contributed by atoms with van der Waals surface area (Å²) in [5.41, 5.74) is 4.33. The molecule has 0 radical (unpaired) electrons. The molecule has 0 saturated carbocycles. The van der Waals surface area contributed by atoms with Crippen LogP contribution < -0.4 is 5.32 Å². The van der Waals surface area contributed by atoms with Crippen LogP contribution in [0.1, 0.15) is 17.0 Å². The quantitative estimate of drug-likeness (QED) is 0.761. The average Bonchev–Trinajstić information content (AvgIpc) is 3.08. The molecule has 0 spiro atoms. The Morgan fingerprint density at radius 1 is 1.19 bits per heavy atom. The number of benzene rings is 2. The standard InChI is InChI=1S/C20H21N5O/c1-14-21-20(24-23-14)16-7-4-8-18(11-16)22-19(26)13-25-10-9-15-5-2-3-6-17(15)12-25/h2-8,11H,9-10,12-13H2,1H3,(H,22,26)(H,21,23,24). The van der Waals surface area contributed by atoms with Gasteiger partial charge in [-0.25, -0.2) is 4.98 Å². The van der Waals surface area contributed by atoms with Crippen LogP contribution in [0.15, 0.2) is 48.5 Å². The van der Waals surface area contributed by atoms with E-state index in [-0.39, 0.29) is 5.91 Å². The number of amides is 1. The third-order valence-corrected chi connectivity index (χ3v) is 4.58. The van der Waals surface area contributed by atoms with Gasteiger partial charge in [0.2, 0.25) is 5.91 Å². The van der Waals surface area contributed by atoms with Gasteiger partial charge in [0, 0.05) is 24.3 Å². The van der Waals surface area contributed by atoms with Gasteiger partial charge in [-0.05, 0) is 36.6 Å². The van der Waals surface area contributed by atoms with Gasteiger partial charge in [-0.15, -0.1) is 0 Å². The highest BCUT2D eigenvalue weighted by atomic mass is 16.2. The number of nitrogens with one attached hydrogen (secondary N) is 2. The molecule has 2 N–H and O–H groups in total. The fraction of sp³-hybridized carbons (Fsp3) is 0.250. The van der Waals surface area contributed by atoms with Gasteiger partial charge in [-0.2, -0.15) is 5.10 Å². The van der Waals surface area contributed by atoms with Crippen molar-refractivity contribution in [3.8, 4) is 11.4 Å². The number of carbonyl (C=O) groups excluding carboxylic acids is 1. The van der Waals surface area contributed by atoms with Crippen molar-refractivity contribution in [2.24, 2.45) is 0 Å². The number of aryl methyl sites for hydroxylation is 1. The number of hydrogen-bond acceptors (Lipinski definition) is 4. The topological polar surface area (TPSA) is 73.9 Å². The van der Waals surface area contributed by atoms with Crippen molar-refractivity contribution >= 4 is 11.6 Å². The van der Waals surface area contributed by atoms with E-state index in [1.165, 1.54) is 11.1 Å². The van der Waals surface area contributed by atoms with E-state index in [4.69, 9.17) is 0 Å². The first-order valence-corrected chi connectivity index (χ1v) is 8.76. The second-order valence-corrected chi connectivity index (χ2v) is 6.60. The Morgan fingerprint density at radius 2 is 2.04 bits per heavy atom. The molecule has 6 heteroatoms. The Morgan fingerprint density at radius 3 is 2.85 bits per heavy atom. The lowest BCUT2D eigenvalue weighted by molar-refractivity contribution is -0.117. The Labute approximate surface area is 152 Å². The number of anilines is 1. The molecule has 0 atom stereocenters. The number of carbonyl (C=O) groups is 1. The SMILES string of the molecule is Cc1nc(-c2cccc(NC(=O)CN3CCc4ccccc4C3)c2)n[nH]1. The minimum absolute atomic E-state index is 0.00676. The lowest BCUT2D eigenvalue weighted by Gasteiger charge is -2.28. The summed E-state index contributed by atoms with van der Waals surface area (Å²) in [6.07, 6.45) is 0.989. The number of fused-ring (bicyclic) bond motifs is 1. The summed E-state index contributed by atoms with van der Waals surface area (Å²) in [5, 5.41) is 9.98. The van der Waals surface area contributed by atoms with Gasteiger partial charge in [0.05, 0.1) is 6.54 Å². The van der Waals surface area contributed by atoms with Crippen LogP contribution in [0.5, 0.6) is 0 Å². The van der Waals surface area contributed by atoms with Gasteiger partial charge in [0.25, 0.3) is 0 Å². The van der Waals surface area contributed by atoms with Crippen molar-refractivity contribution < 1.29 is 4.79 Å². The molecule has 132 valence electrons. The molecule has 3 aromatic rings. The highest BCUT2D eigenvalue weighted by Crippen LogP contribution is 2.20. The van der Waals surface area contributed by atoms with Crippen molar-refractivity contribution in [1.29, 1.82) is 0 Å². The van der Waals surface area contributed by atoms with E-state index in [0.29, 0.717) is 12.4 Å². The molecule has 1 aliphatic rings. The second-order valence-electron chi connectivity index (χ2n) is 6.60. The van der Waals surface area contributed by atoms with Crippen LogP contribution in [0.4, 0.5) is 5.69 Å². The minimum Gasteiger partial charge on any atom is -0.325 e. The molecule has 26 heavy (non-hydrogen) atoms. The molecule has 1 aromatic heterocycles. The van der Waals surface area contributed by atoms with Gasteiger partial charge in [-0.3, -0.25) is 14.8 Å². The predicted octanol–water partition coefficient (Wildman–Crippen LogP) is 2.78. The molecule has 0 fully saturated rings. The molecule has 0 bridgehead atoms. The second kappa shape index (κ2) is 7.09. The Balaban J connectivity index is 1.40. The zero-order valence-electron chi connectivity index (χ0n) is 14.7. The van der Waals surface area contributed by atoms with E-state index >= 15 is 0 Å². The monoisotopic (exact) mass is 347 g/mol. The van der Waals surface area contributed by atoms with Gasteiger partial charge < -0.3 is 5.32 Å². The molecule has 2 aromatic carbocycles. The molecule has 2 heterocycles. The third-order valence-electron chi connectivity index (χ3n) is 4.58. The van der Waals surface area contributed by atoms with Crippen molar-refractivity contribution in [1.82, 2.24) is 20.1 Å². The summed E-state index contributed by atoms with van der Waals surface area (Å²) in [7, 11) is 0. The first-order valence-electron chi connectivity index (χ1n) is 8.76. The maximum Gasteiger partial charge on any atom is 0.238 e. The largest absolute Gasteiger partial charge is 0.325 e. The van der Waals surface area contributed by atoms with Crippen LogP contribution in [0, 0.1) is 6.92 Å². The number of aromatic nitrogens is 3. The predicted molar refractivity (Wildman–Crippen MR) is 101 cm³/mol. The first kappa shape index (κ1) is 16.5. The zero-order valence-corrected chi connectivity index (χ0v) is 14.7. The van der Waals surface area contributed by atoms with E-state index in [0.717, 1.165) is 36.6 Å². The first-order chi connectivity index (χ1) is 12.7. The summed E-state index contributed by atoms with van der Waals surface area (Å²) in [6, 6.07) is 16.0. The Hall–Kier alpha value is -2.99. The Bertz CT molecular complexity index is 933. The average molecular weight is 347 g/mol.